The van der Waals surface area contributed by atoms with Gasteiger partial charge in [0, 0.05) is 4.88 Å². The Hall–Kier alpha value is -0.870. The van der Waals surface area contributed by atoms with E-state index in [1.165, 1.54) is 10.4 Å². The molecule has 3 N–H and O–H groups in total. The molecule has 1 heterocycles. The predicted octanol–water partition coefficient (Wildman–Crippen LogP) is 1.40. The smallest absolute Gasteiger partial charge is 0.320 e. The van der Waals surface area contributed by atoms with E-state index in [0.29, 0.717) is 6.42 Å². The number of carbonyl (C=O) groups is 1. The van der Waals surface area contributed by atoms with Gasteiger partial charge in [0.05, 0.1) is 0 Å². The first kappa shape index (κ1) is 10.2. The minimum Gasteiger partial charge on any atom is -0.480 e. The topological polar surface area (TPSA) is 63.3 Å². The number of carboxylic acids is 1. The number of hydrogen-bond acceptors (Lipinski definition) is 3. The number of nitrogens with two attached hydrogens (primary N) is 1. The van der Waals surface area contributed by atoms with Crippen LogP contribution < -0.4 is 5.73 Å². The van der Waals surface area contributed by atoms with Gasteiger partial charge in [-0.15, -0.1) is 11.3 Å². The van der Waals surface area contributed by atoms with Crippen LogP contribution in [0.1, 0.15) is 16.9 Å². The van der Waals surface area contributed by atoms with Crippen LogP contribution in [-0.4, -0.2) is 17.1 Å². The van der Waals surface area contributed by atoms with Crippen LogP contribution in [0.3, 0.4) is 0 Å². The maximum atomic E-state index is 10.4. The summed E-state index contributed by atoms with van der Waals surface area (Å²) in [7, 11) is 0. The highest BCUT2D eigenvalue weighted by Crippen LogP contribution is 2.17. The molecule has 0 aromatic carbocycles. The van der Waals surface area contributed by atoms with E-state index in [1.807, 2.05) is 18.4 Å². The van der Waals surface area contributed by atoms with E-state index in [-0.39, 0.29) is 0 Å². The van der Waals surface area contributed by atoms with Crippen molar-refractivity contribution in [2.45, 2.75) is 25.8 Å². The van der Waals surface area contributed by atoms with Gasteiger partial charge in [-0.25, -0.2) is 0 Å². The van der Waals surface area contributed by atoms with Gasteiger partial charge in [0.1, 0.15) is 6.04 Å². The number of hydrogen-bond donors (Lipinski definition) is 2. The van der Waals surface area contributed by atoms with Crippen LogP contribution in [0.2, 0.25) is 0 Å². The summed E-state index contributed by atoms with van der Waals surface area (Å²) >= 11 is 1.65. The average molecular weight is 199 g/mol. The van der Waals surface area contributed by atoms with E-state index < -0.39 is 12.0 Å². The molecular formula is C9H13NO2S. The zero-order valence-corrected chi connectivity index (χ0v) is 8.30. The first-order valence-corrected chi connectivity index (χ1v) is 5.00. The summed E-state index contributed by atoms with van der Waals surface area (Å²) in [5.74, 6) is -0.922. The minimum absolute atomic E-state index is 0.511. The first-order chi connectivity index (χ1) is 6.11. The molecule has 0 spiro atoms. The lowest BCUT2D eigenvalue weighted by atomic mass is 10.1. The van der Waals surface area contributed by atoms with Gasteiger partial charge in [-0.05, 0) is 36.8 Å². The lowest BCUT2D eigenvalue weighted by Gasteiger charge is -2.04. The van der Waals surface area contributed by atoms with Crippen molar-refractivity contribution in [1.82, 2.24) is 0 Å². The molecule has 0 aliphatic heterocycles. The average Bonchev–Trinajstić information content (AvgIpc) is 2.47. The lowest BCUT2D eigenvalue weighted by Crippen LogP contribution is -2.30. The van der Waals surface area contributed by atoms with Gasteiger partial charge in [0.15, 0.2) is 0 Å². The molecule has 0 unspecified atom stereocenters. The second-order valence-corrected chi connectivity index (χ2v) is 4.01. The van der Waals surface area contributed by atoms with Crippen molar-refractivity contribution < 1.29 is 9.90 Å². The monoisotopic (exact) mass is 199 g/mol. The molecule has 13 heavy (non-hydrogen) atoms. The van der Waals surface area contributed by atoms with Crippen molar-refractivity contribution in [3.63, 3.8) is 0 Å². The largest absolute Gasteiger partial charge is 0.480 e. The van der Waals surface area contributed by atoms with Gasteiger partial charge in [-0.2, -0.15) is 0 Å². The van der Waals surface area contributed by atoms with Gasteiger partial charge >= 0.3 is 5.97 Å². The van der Waals surface area contributed by atoms with Crippen molar-refractivity contribution in [3.8, 4) is 0 Å². The van der Waals surface area contributed by atoms with Crippen LogP contribution >= 0.6 is 11.3 Å². The fraction of sp³-hybridized carbons (Fsp3) is 0.444. The molecule has 1 rings (SSSR count). The molecule has 0 saturated heterocycles. The molecule has 0 radical (unpaired) electrons. The maximum absolute atomic E-state index is 10.4. The van der Waals surface area contributed by atoms with Crippen molar-refractivity contribution in [1.29, 1.82) is 0 Å². The van der Waals surface area contributed by atoms with Crippen LogP contribution in [0.25, 0.3) is 0 Å². The van der Waals surface area contributed by atoms with E-state index in [1.54, 1.807) is 11.3 Å². The van der Waals surface area contributed by atoms with Gasteiger partial charge < -0.3 is 10.8 Å². The molecule has 0 aliphatic rings. The summed E-state index contributed by atoms with van der Waals surface area (Å²) in [5.41, 5.74) is 6.61. The Labute approximate surface area is 81.2 Å². The Kier molecular flexibility index (Phi) is 3.45. The third kappa shape index (κ3) is 2.82. The molecule has 1 aromatic rings. The summed E-state index contributed by atoms with van der Waals surface area (Å²) in [4.78, 5) is 11.7. The predicted molar refractivity (Wildman–Crippen MR) is 53.0 cm³/mol. The fourth-order valence-electron chi connectivity index (χ4n) is 1.07. The highest BCUT2D eigenvalue weighted by atomic mass is 32.1. The molecule has 1 atom stereocenters. The van der Waals surface area contributed by atoms with E-state index in [4.69, 9.17) is 10.8 Å². The van der Waals surface area contributed by atoms with Crippen LogP contribution in [0.4, 0.5) is 0 Å². The molecule has 1 aromatic heterocycles. The zero-order chi connectivity index (χ0) is 9.84. The van der Waals surface area contributed by atoms with E-state index >= 15 is 0 Å². The van der Waals surface area contributed by atoms with Crippen molar-refractivity contribution in [2.75, 3.05) is 0 Å². The summed E-state index contributed by atoms with van der Waals surface area (Å²) in [6, 6.07) is 1.30. The summed E-state index contributed by atoms with van der Waals surface area (Å²) in [6.45, 7) is 2.03. The molecule has 0 aliphatic carbocycles. The Balaban J connectivity index is 2.44. The molecule has 4 heteroatoms. The molecule has 72 valence electrons. The van der Waals surface area contributed by atoms with E-state index in [9.17, 15) is 4.79 Å². The van der Waals surface area contributed by atoms with Crippen LogP contribution in [0, 0.1) is 6.92 Å². The van der Waals surface area contributed by atoms with Gasteiger partial charge in [0.2, 0.25) is 0 Å². The zero-order valence-electron chi connectivity index (χ0n) is 7.49. The Morgan fingerprint density at radius 3 is 2.92 bits per heavy atom. The number of thiophene rings is 1. The lowest BCUT2D eigenvalue weighted by molar-refractivity contribution is -0.138. The summed E-state index contributed by atoms with van der Waals surface area (Å²) < 4.78 is 0. The van der Waals surface area contributed by atoms with E-state index in [0.717, 1.165) is 6.42 Å². The normalized spacial score (nSPS) is 12.8. The second kappa shape index (κ2) is 4.39. The molecule has 3 nitrogen and oxygen atoms in total. The van der Waals surface area contributed by atoms with Gasteiger partial charge in [-0.1, -0.05) is 0 Å². The molecule has 0 fully saturated rings. The Morgan fingerprint density at radius 1 is 1.77 bits per heavy atom. The van der Waals surface area contributed by atoms with Crippen LogP contribution in [-0.2, 0) is 11.2 Å². The van der Waals surface area contributed by atoms with Crippen molar-refractivity contribution in [2.24, 2.45) is 5.73 Å². The number of aryl methyl sites for hydroxylation is 2. The fourth-order valence-corrected chi connectivity index (χ4v) is 2.00. The Bertz CT molecular complexity index is 296. The number of rotatable bonds is 4. The Morgan fingerprint density at radius 2 is 2.46 bits per heavy atom. The minimum atomic E-state index is -0.922. The molecule has 0 saturated carbocycles. The maximum Gasteiger partial charge on any atom is 0.320 e. The molecular weight excluding hydrogens is 186 g/mol. The van der Waals surface area contributed by atoms with Gasteiger partial charge in [0.25, 0.3) is 0 Å². The number of carboxylic acid groups (broad SMARTS) is 1. The summed E-state index contributed by atoms with van der Waals surface area (Å²) in [5, 5.41) is 10.6. The van der Waals surface area contributed by atoms with Crippen LogP contribution in [0.15, 0.2) is 11.4 Å². The highest BCUT2D eigenvalue weighted by Gasteiger charge is 2.11. The third-order valence-corrected chi connectivity index (χ3v) is 3.05. The van der Waals surface area contributed by atoms with Gasteiger partial charge in [-0.3, -0.25) is 4.79 Å². The standard InChI is InChI=1S/C9H13NO2S/c1-6-4-5-13-8(6)3-2-7(10)9(11)12/h4-5,7H,2-3,10H2,1H3,(H,11,12)/t7-/m0/s1. The number of aliphatic carboxylic acids is 1. The molecule has 0 bridgehead atoms. The molecule has 0 amide bonds. The van der Waals surface area contributed by atoms with Crippen LogP contribution in [0.5, 0.6) is 0 Å². The van der Waals surface area contributed by atoms with Crippen molar-refractivity contribution in [3.05, 3.63) is 21.9 Å². The highest BCUT2D eigenvalue weighted by molar-refractivity contribution is 7.10. The SMILES string of the molecule is Cc1ccsc1CC[C@H](N)C(=O)O. The quantitative estimate of drug-likeness (QED) is 0.770. The summed E-state index contributed by atoms with van der Waals surface area (Å²) in [6.07, 6.45) is 1.27. The third-order valence-electron chi connectivity index (χ3n) is 1.97. The second-order valence-electron chi connectivity index (χ2n) is 3.01. The van der Waals surface area contributed by atoms with Crippen molar-refractivity contribution >= 4 is 17.3 Å². The first-order valence-electron chi connectivity index (χ1n) is 4.12. The van der Waals surface area contributed by atoms with E-state index in [2.05, 4.69) is 0 Å².